The van der Waals surface area contributed by atoms with Crippen molar-refractivity contribution in [2.24, 2.45) is 0 Å². The minimum absolute atomic E-state index is 0.110. The molecule has 2 N–H and O–H groups in total. The molecule has 0 spiro atoms. The first-order chi connectivity index (χ1) is 13.5. The zero-order valence-corrected chi connectivity index (χ0v) is 16.0. The third kappa shape index (κ3) is 5.25. The lowest BCUT2D eigenvalue weighted by Crippen LogP contribution is -2.23. The number of benzene rings is 2. The van der Waals surface area contributed by atoms with E-state index in [9.17, 15) is 26.7 Å². The summed E-state index contributed by atoms with van der Waals surface area (Å²) in [4.78, 5) is 3.32. The summed E-state index contributed by atoms with van der Waals surface area (Å²) in [6.07, 6.45) is -5.79. The first-order valence-corrected chi connectivity index (χ1v) is 9.87. The molecule has 0 amide bonds. The molecule has 12 heteroatoms. The maximum Gasteiger partial charge on any atom is 0.396 e. The number of rotatable bonds is 6. The number of halogens is 4. The second-order valence-corrected chi connectivity index (χ2v) is 8.06. The van der Waals surface area contributed by atoms with Gasteiger partial charge in [0.25, 0.3) is 5.89 Å². The lowest BCUT2D eigenvalue weighted by atomic mass is 10.1. The summed E-state index contributed by atoms with van der Waals surface area (Å²) in [5, 5.41) is 13.0. The molecule has 0 aliphatic heterocycles. The molecule has 0 radical (unpaired) electrons. The van der Waals surface area contributed by atoms with E-state index in [0.717, 1.165) is 0 Å². The fraction of sp³-hybridized carbons (Fsp3) is 0.176. The summed E-state index contributed by atoms with van der Waals surface area (Å²) >= 11 is 5.73. The van der Waals surface area contributed by atoms with E-state index in [0.29, 0.717) is 11.1 Å². The molecule has 2 aromatic carbocycles. The van der Waals surface area contributed by atoms with Gasteiger partial charge in [-0.15, -0.1) is 0 Å². The number of para-hydroxylation sites is 1. The van der Waals surface area contributed by atoms with E-state index in [-0.39, 0.29) is 22.4 Å². The standard InChI is InChI=1S/C17H13ClF3N3O4S/c18-12-5-2-6-13(15(12)25)29(26,27)22-9-10-3-1-4-11(7-10)16-23-14(24-28-16)8-17(19,20)21/h1-7,22,25H,8-9H2. The van der Waals surface area contributed by atoms with Gasteiger partial charge in [-0.1, -0.05) is 35.0 Å². The topological polar surface area (TPSA) is 105 Å². The van der Waals surface area contributed by atoms with Crippen LogP contribution in [0.25, 0.3) is 11.5 Å². The first kappa shape index (κ1) is 21.1. The monoisotopic (exact) mass is 447 g/mol. The van der Waals surface area contributed by atoms with Gasteiger partial charge in [-0.2, -0.15) is 18.2 Å². The summed E-state index contributed by atoms with van der Waals surface area (Å²) < 4.78 is 69.2. The Kier molecular flexibility index (Phi) is 5.82. The Labute approximate surface area is 168 Å². The molecular formula is C17H13ClF3N3O4S. The quantitative estimate of drug-likeness (QED) is 0.597. The Balaban J connectivity index is 1.76. The molecule has 0 saturated heterocycles. The molecule has 1 aromatic heterocycles. The van der Waals surface area contributed by atoms with Crippen molar-refractivity contribution < 1.29 is 31.2 Å². The van der Waals surface area contributed by atoms with E-state index >= 15 is 0 Å². The molecule has 1 heterocycles. The van der Waals surface area contributed by atoms with Crippen molar-refractivity contribution >= 4 is 21.6 Å². The molecule has 0 aliphatic rings. The molecule has 29 heavy (non-hydrogen) atoms. The van der Waals surface area contributed by atoms with Crippen LogP contribution in [0.4, 0.5) is 13.2 Å². The molecule has 7 nitrogen and oxygen atoms in total. The Morgan fingerprint density at radius 3 is 2.62 bits per heavy atom. The van der Waals surface area contributed by atoms with Crippen LogP contribution in [-0.2, 0) is 23.0 Å². The third-order valence-corrected chi connectivity index (χ3v) is 5.44. The van der Waals surface area contributed by atoms with Crippen LogP contribution in [-0.4, -0.2) is 29.8 Å². The molecule has 3 rings (SSSR count). The second kappa shape index (κ2) is 8.01. The third-order valence-electron chi connectivity index (χ3n) is 3.71. The first-order valence-electron chi connectivity index (χ1n) is 8.01. The normalized spacial score (nSPS) is 12.3. The molecular weight excluding hydrogens is 435 g/mol. The van der Waals surface area contributed by atoms with Crippen molar-refractivity contribution in [3.8, 4) is 17.2 Å². The van der Waals surface area contributed by atoms with Gasteiger partial charge in [0.05, 0.1) is 5.02 Å². The van der Waals surface area contributed by atoms with Crippen molar-refractivity contribution in [3.63, 3.8) is 0 Å². The Morgan fingerprint density at radius 2 is 1.90 bits per heavy atom. The smallest absolute Gasteiger partial charge is 0.396 e. The number of alkyl halides is 3. The van der Waals surface area contributed by atoms with Gasteiger partial charge in [-0.25, -0.2) is 13.1 Å². The van der Waals surface area contributed by atoms with Crippen LogP contribution in [0.2, 0.25) is 5.02 Å². The van der Waals surface area contributed by atoms with E-state index in [4.69, 9.17) is 16.1 Å². The number of nitrogens with one attached hydrogen (secondary N) is 1. The van der Waals surface area contributed by atoms with Crippen LogP contribution < -0.4 is 4.72 Å². The molecule has 0 bridgehead atoms. The summed E-state index contributed by atoms with van der Waals surface area (Å²) in [6.45, 7) is -0.161. The zero-order chi connectivity index (χ0) is 21.2. The van der Waals surface area contributed by atoms with Gasteiger partial charge in [-0.3, -0.25) is 0 Å². The van der Waals surface area contributed by atoms with Gasteiger partial charge in [0.1, 0.15) is 11.3 Å². The van der Waals surface area contributed by atoms with Gasteiger partial charge in [0, 0.05) is 12.1 Å². The second-order valence-electron chi connectivity index (χ2n) is 5.92. The van der Waals surface area contributed by atoms with Crippen molar-refractivity contribution in [1.29, 1.82) is 0 Å². The van der Waals surface area contributed by atoms with Crippen LogP contribution in [0.5, 0.6) is 5.75 Å². The Bertz CT molecular complexity index is 1130. The fourth-order valence-corrected chi connectivity index (χ4v) is 3.77. The minimum atomic E-state index is -4.47. The highest BCUT2D eigenvalue weighted by molar-refractivity contribution is 7.89. The highest BCUT2D eigenvalue weighted by atomic mass is 35.5. The number of nitrogens with zero attached hydrogens (tertiary/aromatic N) is 2. The van der Waals surface area contributed by atoms with Crippen molar-refractivity contribution in [1.82, 2.24) is 14.9 Å². The number of hydrogen-bond acceptors (Lipinski definition) is 6. The van der Waals surface area contributed by atoms with E-state index < -0.39 is 34.2 Å². The maximum absolute atomic E-state index is 12.4. The summed E-state index contributed by atoms with van der Waals surface area (Å²) in [5.41, 5.74) is 0.802. The number of aromatic hydroxyl groups is 1. The largest absolute Gasteiger partial charge is 0.505 e. The van der Waals surface area contributed by atoms with Crippen LogP contribution >= 0.6 is 11.6 Å². The van der Waals surface area contributed by atoms with Crippen LogP contribution in [0, 0.1) is 0 Å². The number of aromatic nitrogens is 2. The summed E-state index contributed by atoms with van der Waals surface area (Å²) in [6, 6.07) is 10.1. The van der Waals surface area contributed by atoms with Crippen LogP contribution in [0.3, 0.4) is 0 Å². The lowest BCUT2D eigenvalue weighted by molar-refractivity contribution is -0.128. The molecule has 154 valence electrons. The predicted molar refractivity (Wildman–Crippen MR) is 96.6 cm³/mol. The molecule has 0 aliphatic carbocycles. The van der Waals surface area contributed by atoms with E-state index in [1.165, 1.54) is 30.3 Å². The number of phenols is 1. The molecule has 0 saturated carbocycles. The van der Waals surface area contributed by atoms with Crippen molar-refractivity contribution in [3.05, 3.63) is 58.9 Å². The van der Waals surface area contributed by atoms with E-state index in [1.54, 1.807) is 12.1 Å². The number of hydrogen-bond donors (Lipinski definition) is 2. The minimum Gasteiger partial charge on any atom is -0.505 e. The van der Waals surface area contributed by atoms with Crippen molar-refractivity contribution in [2.45, 2.75) is 24.0 Å². The average Bonchev–Trinajstić information content (AvgIpc) is 3.09. The summed E-state index contributed by atoms with van der Waals surface area (Å²) in [5.74, 6) is -1.20. The Morgan fingerprint density at radius 1 is 1.17 bits per heavy atom. The van der Waals surface area contributed by atoms with Crippen LogP contribution in [0.15, 0.2) is 51.9 Å². The van der Waals surface area contributed by atoms with E-state index in [1.807, 2.05) is 0 Å². The highest BCUT2D eigenvalue weighted by Crippen LogP contribution is 2.30. The summed E-state index contributed by atoms with van der Waals surface area (Å²) in [7, 11) is -4.07. The maximum atomic E-state index is 12.4. The number of phenolic OH excluding ortho intramolecular Hbond substituents is 1. The van der Waals surface area contributed by atoms with E-state index in [2.05, 4.69) is 14.9 Å². The fourth-order valence-electron chi connectivity index (χ4n) is 2.41. The molecule has 0 unspecified atom stereocenters. The Hall–Kier alpha value is -2.63. The van der Waals surface area contributed by atoms with Gasteiger partial charge in [0.2, 0.25) is 10.0 Å². The molecule has 3 aromatic rings. The van der Waals surface area contributed by atoms with Gasteiger partial charge in [-0.05, 0) is 29.8 Å². The molecule has 0 atom stereocenters. The lowest BCUT2D eigenvalue weighted by Gasteiger charge is -2.09. The SMILES string of the molecule is O=S(=O)(NCc1cccc(-c2nc(CC(F)(F)F)no2)c1)c1cccc(Cl)c1O. The number of sulfonamides is 1. The predicted octanol–water partition coefficient (Wildman–Crippen LogP) is 3.68. The van der Waals surface area contributed by atoms with Gasteiger partial charge >= 0.3 is 6.18 Å². The van der Waals surface area contributed by atoms with Gasteiger partial charge in [0.15, 0.2) is 11.6 Å². The zero-order valence-electron chi connectivity index (χ0n) is 14.4. The van der Waals surface area contributed by atoms with Crippen molar-refractivity contribution in [2.75, 3.05) is 0 Å². The average molecular weight is 448 g/mol. The molecule has 0 fully saturated rings. The van der Waals surface area contributed by atoms with Crippen LogP contribution in [0.1, 0.15) is 11.4 Å². The highest BCUT2D eigenvalue weighted by Gasteiger charge is 2.30. The van der Waals surface area contributed by atoms with Gasteiger partial charge < -0.3 is 9.63 Å².